The molecule has 1 aliphatic carbocycles. The van der Waals surface area contributed by atoms with Crippen molar-refractivity contribution in [3.05, 3.63) is 53.9 Å². The van der Waals surface area contributed by atoms with Crippen LogP contribution in [0.5, 0.6) is 11.5 Å². The summed E-state index contributed by atoms with van der Waals surface area (Å²) in [4.78, 5) is 9.50. The second-order valence-electron chi connectivity index (χ2n) is 8.97. The van der Waals surface area contributed by atoms with Gasteiger partial charge in [0, 0.05) is 38.1 Å². The highest BCUT2D eigenvalue weighted by molar-refractivity contribution is 5.43. The number of aromatic nitrogens is 1. The van der Waals surface area contributed by atoms with Crippen LogP contribution in [0.3, 0.4) is 0 Å². The SMILES string of the molecule is CCN1CCCC1CN(Cc1cccnc1)Cc1ccc(OC2CCCC2)c(OC)c1. The van der Waals surface area contributed by atoms with Gasteiger partial charge >= 0.3 is 0 Å². The van der Waals surface area contributed by atoms with E-state index in [4.69, 9.17) is 9.47 Å². The van der Waals surface area contributed by atoms with Crippen LogP contribution < -0.4 is 9.47 Å². The van der Waals surface area contributed by atoms with Gasteiger partial charge in [-0.25, -0.2) is 0 Å². The number of rotatable bonds is 10. The molecular weight excluding hydrogens is 386 g/mol. The maximum atomic E-state index is 6.24. The summed E-state index contributed by atoms with van der Waals surface area (Å²) in [5, 5.41) is 0. The number of nitrogens with zero attached hydrogens (tertiary/aromatic N) is 3. The number of benzene rings is 1. The Labute approximate surface area is 187 Å². The van der Waals surface area contributed by atoms with Crippen molar-refractivity contribution in [3.63, 3.8) is 0 Å². The fourth-order valence-electron chi connectivity index (χ4n) is 5.10. The highest BCUT2D eigenvalue weighted by Gasteiger charge is 2.25. The van der Waals surface area contributed by atoms with Gasteiger partial charge in [-0.3, -0.25) is 14.8 Å². The average Bonchev–Trinajstić information content (AvgIpc) is 3.47. The molecule has 1 aromatic heterocycles. The second kappa shape index (κ2) is 11.0. The lowest BCUT2D eigenvalue weighted by atomic mass is 10.1. The van der Waals surface area contributed by atoms with Gasteiger partial charge in [0.15, 0.2) is 11.5 Å². The zero-order valence-corrected chi connectivity index (χ0v) is 19.1. The van der Waals surface area contributed by atoms with Gasteiger partial charge < -0.3 is 9.47 Å². The Morgan fingerprint density at radius 1 is 1.03 bits per heavy atom. The van der Waals surface area contributed by atoms with E-state index in [0.717, 1.165) is 50.5 Å². The molecule has 1 saturated carbocycles. The molecule has 1 atom stereocenters. The van der Waals surface area contributed by atoms with Crippen LogP contribution in [-0.2, 0) is 13.1 Å². The number of pyridine rings is 1. The van der Waals surface area contributed by atoms with E-state index in [1.165, 1.54) is 43.4 Å². The molecule has 2 aliphatic rings. The predicted octanol–water partition coefficient (Wildman–Crippen LogP) is 4.90. The van der Waals surface area contributed by atoms with E-state index < -0.39 is 0 Å². The maximum absolute atomic E-state index is 6.24. The summed E-state index contributed by atoms with van der Waals surface area (Å²) in [6, 6.07) is 11.3. The quantitative estimate of drug-likeness (QED) is 0.543. The van der Waals surface area contributed by atoms with Crippen LogP contribution in [0.2, 0.25) is 0 Å². The van der Waals surface area contributed by atoms with Crippen LogP contribution in [0, 0.1) is 0 Å². The minimum absolute atomic E-state index is 0.337. The molecule has 4 rings (SSSR count). The van der Waals surface area contributed by atoms with Crippen molar-refractivity contribution >= 4 is 0 Å². The molecule has 0 radical (unpaired) electrons. The number of hydrogen-bond acceptors (Lipinski definition) is 5. The summed E-state index contributed by atoms with van der Waals surface area (Å²) >= 11 is 0. The summed E-state index contributed by atoms with van der Waals surface area (Å²) in [5.41, 5.74) is 2.53. The fraction of sp³-hybridized carbons (Fsp3) is 0.577. The first-order chi connectivity index (χ1) is 15.2. The topological polar surface area (TPSA) is 37.8 Å². The largest absolute Gasteiger partial charge is 0.493 e. The second-order valence-corrected chi connectivity index (χ2v) is 8.97. The number of likely N-dealkylation sites (N-methyl/N-ethyl adjacent to an activating group) is 1. The average molecular weight is 424 g/mol. The van der Waals surface area contributed by atoms with E-state index in [1.54, 1.807) is 7.11 Å². The first-order valence-electron chi connectivity index (χ1n) is 11.9. The molecule has 2 fully saturated rings. The van der Waals surface area contributed by atoms with Crippen molar-refractivity contribution in [2.24, 2.45) is 0 Å². The number of likely N-dealkylation sites (tertiary alicyclic amines) is 1. The molecule has 0 bridgehead atoms. The molecule has 0 spiro atoms. The number of ether oxygens (including phenoxy) is 2. The van der Waals surface area contributed by atoms with Crippen LogP contribution in [0.4, 0.5) is 0 Å². The van der Waals surface area contributed by atoms with Gasteiger partial charge in [0.1, 0.15) is 0 Å². The van der Waals surface area contributed by atoms with Crippen molar-refractivity contribution in [1.82, 2.24) is 14.8 Å². The van der Waals surface area contributed by atoms with Gasteiger partial charge in [0.25, 0.3) is 0 Å². The van der Waals surface area contributed by atoms with Crippen LogP contribution in [0.15, 0.2) is 42.7 Å². The van der Waals surface area contributed by atoms with Gasteiger partial charge in [-0.2, -0.15) is 0 Å². The molecule has 0 amide bonds. The third-order valence-corrected chi connectivity index (χ3v) is 6.73. The third-order valence-electron chi connectivity index (χ3n) is 6.73. The van der Waals surface area contributed by atoms with Gasteiger partial charge in [0.2, 0.25) is 0 Å². The van der Waals surface area contributed by atoms with Crippen molar-refractivity contribution in [2.75, 3.05) is 26.7 Å². The molecule has 1 aliphatic heterocycles. The van der Waals surface area contributed by atoms with E-state index in [9.17, 15) is 0 Å². The Bertz CT molecular complexity index is 808. The Kier molecular flexibility index (Phi) is 7.81. The molecule has 168 valence electrons. The van der Waals surface area contributed by atoms with Crippen molar-refractivity contribution in [3.8, 4) is 11.5 Å². The maximum Gasteiger partial charge on any atom is 0.161 e. The molecule has 31 heavy (non-hydrogen) atoms. The standard InChI is InChI=1S/C26H37N3O2/c1-3-29-15-7-9-23(29)20-28(19-22-8-6-14-27-17-22)18-21-12-13-25(26(16-21)30-2)31-24-10-4-5-11-24/h6,8,12-14,16-17,23-24H,3-5,7,9-11,15,18-20H2,1-2H3. The van der Waals surface area contributed by atoms with Gasteiger partial charge in [-0.1, -0.05) is 19.1 Å². The first kappa shape index (κ1) is 22.1. The predicted molar refractivity (Wildman–Crippen MR) is 124 cm³/mol. The van der Waals surface area contributed by atoms with E-state index in [0.29, 0.717) is 12.1 Å². The van der Waals surface area contributed by atoms with E-state index in [1.807, 2.05) is 18.5 Å². The van der Waals surface area contributed by atoms with Gasteiger partial charge in [0.05, 0.1) is 13.2 Å². The summed E-state index contributed by atoms with van der Waals surface area (Å²) in [5.74, 6) is 1.73. The zero-order valence-electron chi connectivity index (χ0n) is 19.1. The fourth-order valence-corrected chi connectivity index (χ4v) is 5.10. The van der Waals surface area contributed by atoms with E-state index >= 15 is 0 Å². The minimum atomic E-state index is 0.337. The van der Waals surface area contributed by atoms with Gasteiger partial charge in [-0.05, 0) is 80.9 Å². The molecule has 0 N–H and O–H groups in total. The van der Waals surface area contributed by atoms with Crippen LogP contribution in [-0.4, -0.2) is 53.7 Å². The van der Waals surface area contributed by atoms with Crippen molar-refractivity contribution < 1.29 is 9.47 Å². The Morgan fingerprint density at radius 3 is 2.61 bits per heavy atom. The molecule has 2 heterocycles. The van der Waals surface area contributed by atoms with Crippen LogP contribution in [0.1, 0.15) is 56.6 Å². The summed E-state index contributed by atoms with van der Waals surface area (Å²) in [6.07, 6.45) is 11.6. The Morgan fingerprint density at radius 2 is 1.87 bits per heavy atom. The highest BCUT2D eigenvalue weighted by atomic mass is 16.5. The number of methoxy groups -OCH3 is 1. The Hall–Kier alpha value is -2.11. The van der Waals surface area contributed by atoms with Gasteiger partial charge in [-0.15, -0.1) is 0 Å². The van der Waals surface area contributed by atoms with Crippen molar-refractivity contribution in [1.29, 1.82) is 0 Å². The lowest BCUT2D eigenvalue weighted by molar-refractivity contribution is 0.165. The monoisotopic (exact) mass is 423 g/mol. The molecule has 1 unspecified atom stereocenters. The summed E-state index contributed by atoms with van der Waals surface area (Å²) in [6.45, 7) is 7.51. The lowest BCUT2D eigenvalue weighted by Crippen LogP contribution is -2.39. The molecule has 5 nitrogen and oxygen atoms in total. The molecule has 1 saturated heterocycles. The van der Waals surface area contributed by atoms with Crippen molar-refractivity contribution in [2.45, 2.75) is 70.7 Å². The number of hydrogen-bond donors (Lipinski definition) is 0. The molecular formula is C26H37N3O2. The minimum Gasteiger partial charge on any atom is -0.493 e. The molecule has 1 aromatic carbocycles. The normalized spacial score (nSPS) is 19.9. The van der Waals surface area contributed by atoms with E-state index in [2.05, 4.69) is 46.0 Å². The first-order valence-corrected chi connectivity index (χ1v) is 11.9. The highest BCUT2D eigenvalue weighted by Crippen LogP contribution is 2.33. The summed E-state index contributed by atoms with van der Waals surface area (Å²) in [7, 11) is 1.74. The molecule has 5 heteroatoms. The van der Waals surface area contributed by atoms with E-state index in [-0.39, 0.29) is 0 Å². The van der Waals surface area contributed by atoms with Crippen LogP contribution in [0.25, 0.3) is 0 Å². The molecule has 2 aromatic rings. The Balaban J connectivity index is 1.48. The zero-order chi connectivity index (χ0) is 21.5. The van der Waals surface area contributed by atoms with Crippen LogP contribution >= 0.6 is 0 Å². The summed E-state index contributed by atoms with van der Waals surface area (Å²) < 4.78 is 11.9. The lowest BCUT2D eigenvalue weighted by Gasteiger charge is -2.30. The third kappa shape index (κ3) is 5.98. The smallest absolute Gasteiger partial charge is 0.161 e.